The average molecular weight is 207 g/mol. The van der Waals surface area contributed by atoms with Gasteiger partial charge < -0.3 is 0 Å². The molecule has 0 N–H and O–H groups in total. The molecule has 1 aromatic carbocycles. The van der Waals surface area contributed by atoms with Gasteiger partial charge in [-0.05, 0) is 40.5 Å². The fourth-order valence-electron chi connectivity index (χ4n) is 0.682. The number of aryl methyl sites for hydroxylation is 1. The molecule has 3 heteroatoms. The summed E-state index contributed by atoms with van der Waals surface area (Å²) in [5.41, 5.74) is 0.582. The van der Waals surface area contributed by atoms with E-state index in [1.165, 1.54) is 12.1 Å². The van der Waals surface area contributed by atoms with Crippen LogP contribution in [0.4, 0.5) is 8.78 Å². The number of hydrogen-bond donors (Lipinski definition) is 0. The second-order valence-electron chi connectivity index (χ2n) is 2.04. The van der Waals surface area contributed by atoms with Crippen molar-refractivity contribution in [2.75, 3.05) is 0 Å². The van der Waals surface area contributed by atoms with Crippen LogP contribution in [0.1, 0.15) is 5.56 Å². The summed E-state index contributed by atoms with van der Waals surface area (Å²) >= 11 is 2.76. The highest BCUT2D eigenvalue weighted by molar-refractivity contribution is 9.10. The highest BCUT2D eigenvalue weighted by atomic mass is 79.9. The predicted molar refractivity (Wildman–Crippen MR) is 38.8 cm³/mol. The van der Waals surface area contributed by atoms with Crippen LogP contribution in [0.2, 0.25) is 0 Å². The van der Waals surface area contributed by atoms with Crippen molar-refractivity contribution < 1.29 is 8.78 Å². The van der Waals surface area contributed by atoms with Gasteiger partial charge in [0.25, 0.3) is 0 Å². The molecule has 0 unspecified atom stereocenters. The van der Waals surface area contributed by atoms with E-state index in [-0.39, 0.29) is 4.47 Å². The van der Waals surface area contributed by atoms with Gasteiger partial charge in [-0.25, -0.2) is 8.78 Å². The van der Waals surface area contributed by atoms with Crippen LogP contribution in [0.3, 0.4) is 0 Å². The SMILES string of the molecule is Cc1cc(F)c(Br)c(F)c1. The van der Waals surface area contributed by atoms with Gasteiger partial charge in [-0.1, -0.05) is 0 Å². The van der Waals surface area contributed by atoms with E-state index in [1.807, 2.05) is 0 Å². The summed E-state index contributed by atoms with van der Waals surface area (Å²) in [4.78, 5) is 0. The van der Waals surface area contributed by atoms with E-state index in [9.17, 15) is 8.78 Å². The molecule has 0 bridgehead atoms. The first-order valence-electron chi connectivity index (χ1n) is 2.72. The molecule has 0 radical (unpaired) electrons. The van der Waals surface area contributed by atoms with E-state index in [0.29, 0.717) is 5.56 Å². The maximum atomic E-state index is 12.6. The molecule has 0 fully saturated rings. The molecule has 0 saturated heterocycles. The molecule has 0 saturated carbocycles. The first kappa shape index (κ1) is 7.66. The molecular weight excluding hydrogens is 202 g/mol. The monoisotopic (exact) mass is 206 g/mol. The van der Waals surface area contributed by atoms with Crippen LogP contribution in [0.5, 0.6) is 0 Å². The zero-order valence-corrected chi connectivity index (χ0v) is 6.87. The highest BCUT2D eigenvalue weighted by Crippen LogP contribution is 2.20. The Kier molecular flexibility index (Phi) is 2.04. The number of hydrogen-bond acceptors (Lipinski definition) is 0. The van der Waals surface area contributed by atoms with E-state index in [0.717, 1.165) is 0 Å². The molecule has 0 spiro atoms. The van der Waals surface area contributed by atoms with E-state index >= 15 is 0 Å². The molecule has 0 amide bonds. The minimum atomic E-state index is -0.558. The van der Waals surface area contributed by atoms with E-state index in [2.05, 4.69) is 15.9 Å². The fourth-order valence-corrected chi connectivity index (χ4v) is 0.911. The van der Waals surface area contributed by atoms with Gasteiger partial charge in [0, 0.05) is 0 Å². The Balaban J connectivity index is 3.31. The maximum Gasteiger partial charge on any atom is 0.140 e. The zero-order chi connectivity index (χ0) is 7.72. The Morgan fingerprint density at radius 1 is 1.20 bits per heavy atom. The van der Waals surface area contributed by atoms with Crippen LogP contribution in [0.25, 0.3) is 0 Å². The summed E-state index contributed by atoms with van der Waals surface area (Å²) in [6.45, 7) is 1.64. The molecule has 0 aliphatic carbocycles. The molecule has 0 heterocycles. The molecule has 1 rings (SSSR count). The third kappa shape index (κ3) is 1.34. The largest absolute Gasteiger partial charge is 0.206 e. The molecule has 1 aromatic rings. The van der Waals surface area contributed by atoms with Crippen molar-refractivity contribution >= 4 is 15.9 Å². The molecule has 0 aliphatic rings. The van der Waals surface area contributed by atoms with E-state index in [4.69, 9.17) is 0 Å². The van der Waals surface area contributed by atoms with Crippen molar-refractivity contribution in [1.82, 2.24) is 0 Å². The van der Waals surface area contributed by atoms with Crippen molar-refractivity contribution in [3.8, 4) is 0 Å². The lowest BCUT2D eigenvalue weighted by atomic mass is 10.2. The van der Waals surface area contributed by atoms with Crippen molar-refractivity contribution in [3.05, 3.63) is 33.8 Å². The standard InChI is InChI=1S/C7H5BrF2/c1-4-2-5(9)7(8)6(10)3-4/h2-3H,1H3. The number of benzene rings is 1. The minimum Gasteiger partial charge on any atom is -0.206 e. The van der Waals surface area contributed by atoms with Gasteiger partial charge in [-0.3, -0.25) is 0 Å². The second-order valence-corrected chi connectivity index (χ2v) is 2.84. The smallest absolute Gasteiger partial charge is 0.140 e. The van der Waals surface area contributed by atoms with Gasteiger partial charge >= 0.3 is 0 Å². The third-order valence-electron chi connectivity index (χ3n) is 1.13. The molecule has 0 nitrogen and oxygen atoms in total. The Morgan fingerprint density at radius 2 is 1.60 bits per heavy atom. The van der Waals surface area contributed by atoms with Crippen LogP contribution < -0.4 is 0 Å². The summed E-state index contributed by atoms with van der Waals surface area (Å²) in [6.07, 6.45) is 0. The van der Waals surface area contributed by atoms with Crippen LogP contribution in [-0.4, -0.2) is 0 Å². The average Bonchev–Trinajstić information content (AvgIpc) is 1.82. The van der Waals surface area contributed by atoms with Gasteiger partial charge in [0.1, 0.15) is 11.6 Å². The lowest BCUT2D eigenvalue weighted by Crippen LogP contribution is -1.85. The third-order valence-corrected chi connectivity index (χ3v) is 1.89. The van der Waals surface area contributed by atoms with Gasteiger partial charge in [-0.2, -0.15) is 0 Å². The molecular formula is C7H5BrF2. The summed E-state index contributed by atoms with van der Waals surface area (Å²) in [5.74, 6) is -1.12. The molecule has 0 aliphatic heterocycles. The Morgan fingerprint density at radius 3 is 2.00 bits per heavy atom. The summed E-state index contributed by atoms with van der Waals surface area (Å²) in [5, 5.41) is 0. The lowest BCUT2D eigenvalue weighted by Gasteiger charge is -1.97. The van der Waals surface area contributed by atoms with Crippen molar-refractivity contribution in [3.63, 3.8) is 0 Å². The van der Waals surface area contributed by atoms with E-state index in [1.54, 1.807) is 6.92 Å². The maximum absolute atomic E-state index is 12.6. The van der Waals surface area contributed by atoms with Gasteiger partial charge in [-0.15, -0.1) is 0 Å². The highest BCUT2D eigenvalue weighted by Gasteiger charge is 2.04. The molecule has 0 aromatic heterocycles. The van der Waals surface area contributed by atoms with E-state index < -0.39 is 11.6 Å². The zero-order valence-electron chi connectivity index (χ0n) is 5.29. The van der Waals surface area contributed by atoms with Crippen LogP contribution in [-0.2, 0) is 0 Å². The summed E-state index contributed by atoms with van der Waals surface area (Å²) < 4.78 is 25.0. The topological polar surface area (TPSA) is 0 Å². The molecule has 0 atom stereocenters. The lowest BCUT2D eigenvalue weighted by molar-refractivity contribution is 0.570. The number of rotatable bonds is 0. The molecule has 54 valence electrons. The normalized spacial score (nSPS) is 10.0. The first-order valence-corrected chi connectivity index (χ1v) is 3.51. The van der Waals surface area contributed by atoms with Crippen molar-refractivity contribution in [1.29, 1.82) is 0 Å². The molecule has 10 heavy (non-hydrogen) atoms. The van der Waals surface area contributed by atoms with Gasteiger partial charge in [0.05, 0.1) is 4.47 Å². The van der Waals surface area contributed by atoms with Crippen LogP contribution >= 0.6 is 15.9 Å². The predicted octanol–water partition coefficient (Wildman–Crippen LogP) is 3.04. The Labute approximate surface area is 66.0 Å². The first-order chi connectivity index (χ1) is 4.61. The summed E-state index contributed by atoms with van der Waals surface area (Å²) in [6, 6.07) is 2.54. The van der Waals surface area contributed by atoms with Crippen LogP contribution in [0, 0.1) is 18.6 Å². The van der Waals surface area contributed by atoms with Crippen molar-refractivity contribution in [2.45, 2.75) is 6.92 Å². The fraction of sp³-hybridized carbons (Fsp3) is 0.143. The Bertz CT molecular complexity index is 235. The van der Waals surface area contributed by atoms with Crippen LogP contribution in [0.15, 0.2) is 16.6 Å². The van der Waals surface area contributed by atoms with Gasteiger partial charge in [0.2, 0.25) is 0 Å². The van der Waals surface area contributed by atoms with Gasteiger partial charge in [0.15, 0.2) is 0 Å². The Hall–Kier alpha value is -0.440. The second kappa shape index (κ2) is 2.66. The van der Waals surface area contributed by atoms with Crippen molar-refractivity contribution in [2.24, 2.45) is 0 Å². The number of halogens is 3. The quantitative estimate of drug-likeness (QED) is 0.573. The minimum absolute atomic E-state index is 0.0990. The summed E-state index contributed by atoms with van der Waals surface area (Å²) in [7, 11) is 0.